The van der Waals surface area contributed by atoms with E-state index < -0.39 is 8.87 Å². The highest BCUT2D eigenvalue weighted by Gasteiger charge is 2.16. The molecule has 5 heteroatoms. The third-order valence-corrected chi connectivity index (χ3v) is 5.68. The summed E-state index contributed by atoms with van der Waals surface area (Å²) in [6.07, 6.45) is 0. The van der Waals surface area contributed by atoms with E-state index in [2.05, 4.69) is 0 Å². The van der Waals surface area contributed by atoms with Crippen LogP contribution in [0.15, 0.2) is 58.3 Å². The van der Waals surface area contributed by atoms with Gasteiger partial charge < -0.3 is 0 Å². The maximum absolute atomic E-state index is 12.7. The highest BCUT2D eigenvalue weighted by Crippen LogP contribution is 2.30. The smallest absolute Gasteiger partial charge is 0.212 e. The minimum Gasteiger partial charge on any atom is -0.212 e. The van der Waals surface area contributed by atoms with Crippen LogP contribution in [0.1, 0.15) is 5.56 Å². The Labute approximate surface area is 109 Å². The lowest BCUT2D eigenvalue weighted by atomic mass is 10.2. The predicted molar refractivity (Wildman–Crippen MR) is 70.6 cm³/mol. The van der Waals surface area contributed by atoms with Crippen molar-refractivity contribution in [1.82, 2.24) is 0 Å². The van der Waals surface area contributed by atoms with Gasteiger partial charge in [-0.25, -0.2) is 12.8 Å². The summed E-state index contributed by atoms with van der Waals surface area (Å²) in [6, 6.07) is 12.0. The Kier molecular flexibility index (Phi) is 3.73. The van der Waals surface area contributed by atoms with E-state index in [-0.39, 0.29) is 10.7 Å². The van der Waals surface area contributed by atoms with E-state index in [4.69, 9.17) is 0 Å². The van der Waals surface area contributed by atoms with Gasteiger partial charge in [-0.2, -0.15) is 0 Å². The first-order chi connectivity index (χ1) is 8.47. The molecule has 2 aromatic carbocycles. The highest BCUT2D eigenvalue weighted by molar-refractivity contribution is 8.72. The Hall–Kier alpha value is -1.33. The van der Waals surface area contributed by atoms with E-state index in [0.717, 1.165) is 16.4 Å². The van der Waals surface area contributed by atoms with Gasteiger partial charge in [-0.1, -0.05) is 17.7 Å². The minimum atomic E-state index is -3.45. The Balaban J connectivity index is 2.27. The first kappa shape index (κ1) is 13.1. The van der Waals surface area contributed by atoms with Crippen LogP contribution in [-0.2, 0) is 8.87 Å². The number of rotatable bonds is 3. The number of hydrogen-bond donors (Lipinski definition) is 0. The van der Waals surface area contributed by atoms with Crippen molar-refractivity contribution in [1.29, 1.82) is 0 Å². The summed E-state index contributed by atoms with van der Waals surface area (Å²) in [5.41, 5.74) is 1.00. The maximum atomic E-state index is 12.7. The monoisotopic (exact) mass is 282 g/mol. The van der Waals surface area contributed by atoms with Crippen LogP contribution in [0.2, 0.25) is 0 Å². The largest absolute Gasteiger partial charge is 0.234 e. The fourth-order valence-corrected chi connectivity index (χ4v) is 4.15. The molecule has 0 bridgehead atoms. The van der Waals surface area contributed by atoms with Gasteiger partial charge >= 0.3 is 0 Å². The summed E-state index contributed by atoms with van der Waals surface area (Å²) >= 11 is 0. The van der Waals surface area contributed by atoms with Crippen molar-refractivity contribution in [2.45, 2.75) is 16.7 Å². The van der Waals surface area contributed by atoms with Crippen molar-refractivity contribution in [2.75, 3.05) is 0 Å². The minimum absolute atomic E-state index is 0.252. The first-order valence-electron chi connectivity index (χ1n) is 5.24. The van der Waals surface area contributed by atoms with Gasteiger partial charge in [0.1, 0.15) is 5.82 Å². The van der Waals surface area contributed by atoms with Crippen LogP contribution in [0, 0.1) is 12.7 Å². The fourth-order valence-electron chi connectivity index (χ4n) is 1.37. The van der Waals surface area contributed by atoms with E-state index in [9.17, 15) is 12.8 Å². The van der Waals surface area contributed by atoms with Crippen molar-refractivity contribution >= 4 is 19.7 Å². The zero-order valence-electron chi connectivity index (χ0n) is 9.63. The van der Waals surface area contributed by atoms with Crippen molar-refractivity contribution in [2.24, 2.45) is 0 Å². The number of hydrogen-bond acceptors (Lipinski definition) is 3. The van der Waals surface area contributed by atoms with Gasteiger partial charge in [-0.3, -0.25) is 0 Å². The molecule has 0 heterocycles. The third kappa shape index (κ3) is 3.11. The normalized spacial score (nSPS) is 11.4. The molecular weight excluding hydrogens is 271 g/mol. The molecule has 0 spiro atoms. The molecule has 0 aliphatic heterocycles. The summed E-state index contributed by atoms with van der Waals surface area (Å²) < 4.78 is 36.9. The first-order valence-corrected chi connectivity index (χ1v) is 8.06. The molecule has 2 aromatic rings. The van der Waals surface area contributed by atoms with Crippen molar-refractivity contribution in [3.63, 3.8) is 0 Å². The second-order valence-electron chi connectivity index (χ2n) is 3.80. The molecule has 18 heavy (non-hydrogen) atoms. The van der Waals surface area contributed by atoms with Crippen molar-refractivity contribution < 1.29 is 12.8 Å². The van der Waals surface area contributed by atoms with Gasteiger partial charge in [-0.15, -0.1) is 0 Å². The molecule has 0 amide bonds. The average Bonchev–Trinajstić information content (AvgIpc) is 2.32. The predicted octanol–water partition coefficient (Wildman–Crippen LogP) is 3.62. The molecule has 0 radical (unpaired) electrons. The molecule has 0 aliphatic rings. The zero-order valence-corrected chi connectivity index (χ0v) is 11.3. The van der Waals surface area contributed by atoms with E-state index in [1.165, 1.54) is 24.3 Å². The van der Waals surface area contributed by atoms with Gasteiger partial charge in [0.05, 0.1) is 4.90 Å². The highest BCUT2D eigenvalue weighted by atomic mass is 33.1. The SMILES string of the molecule is Cc1ccc(S(=O)(=O)Sc2ccc(F)cc2)cc1. The van der Waals surface area contributed by atoms with E-state index >= 15 is 0 Å². The molecule has 0 saturated heterocycles. The molecule has 0 atom stereocenters. The summed E-state index contributed by atoms with van der Waals surface area (Å²) in [7, 11) is -2.73. The Morgan fingerprint density at radius 3 is 2.06 bits per heavy atom. The van der Waals surface area contributed by atoms with Crippen molar-refractivity contribution in [3.8, 4) is 0 Å². The van der Waals surface area contributed by atoms with Crippen LogP contribution in [0.5, 0.6) is 0 Å². The van der Waals surface area contributed by atoms with Crippen LogP contribution in [0.3, 0.4) is 0 Å². The lowest BCUT2D eigenvalue weighted by Gasteiger charge is -2.04. The Morgan fingerprint density at radius 1 is 0.944 bits per heavy atom. The second kappa shape index (κ2) is 5.12. The van der Waals surface area contributed by atoms with Crippen LogP contribution < -0.4 is 0 Å². The number of halogens is 1. The molecule has 0 aromatic heterocycles. The van der Waals surface area contributed by atoms with E-state index in [1.807, 2.05) is 6.92 Å². The topological polar surface area (TPSA) is 34.1 Å². The third-order valence-electron chi connectivity index (χ3n) is 2.33. The molecule has 2 nitrogen and oxygen atoms in total. The fraction of sp³-hybridized carbons (Fsp3) is 0.0769. The molecule has 94 valence electrons. The molecule has 0 saturated carbocycles. The van der Waals surface area contributed by atoms with Gasteiger partial charge in [0.2, 0.25) is 8.87 Å². The molecule has 0 fully saturated rings. The van der Waals surface area contributed by atoms with Gasteiger partial charge in [0.15, 0.2) is 0 Å². The Morgan fingerprint density at radius 2 is 1.50 bits per heavy atom. The maximum Gasteiger partial charge on any atom is 0.234 e. The van der Waals surface area contributed by atoms with Gasteiger partial charge in [0, 0.05) is 15.7 Å². The van der Waals surface area contributed by atoms with Crippen LogP contribution in [0.25, 0.3) is 0 Å². The molecule has 0 N–H and O–H groups in total. The van der Waals surface area contributed by atoms with E-state index in [0.29, 0.717) is 4.90 Å². The molecular formula is C13H11FO2S2. The Bertz CT molecular complexity index is 632. The summed E-state index contributed by atoms with van der Waals surface area (Å²) in [5.74, 6) is -0.382. The zero-order chi connectivity index (χ0) is 13.2. The van der Waals surface area contributed by atoms with Gasteiger partial charge in [0.25, 0.3) is 0 Å². The second-order valence-corrected chi connectivity index (χ2v) is 7.64. The van der Waals surface area contributed by atoms with Crippen LogP contribution in [-0.4, -0.2) is 8.42 Å². The van der Waals surface area contributed by atoms with Crippen molar-refractivity contribution in [3.05, 3.63) is 59.9 Å². The number of benzene rings is 2. The van der Waals surface area contributed by atoms with Gasteiger partial charge in [-0.05, 0) is 43.3 Å². The summed E-state index contributed by atoms with van der Waals surface area (Å²) in [6.45, 7) is 1.89. The van der Waals surface area contributed by atoms with Crippen LogP contribution in [0.4, 0.5) is 4.39 Å². The molecule has 0 unspecified atom stereocenters. The average molecular weight is 282 g/mol. The standard InChI is InChI=1S/C13H11FO2S2/c1-10-2-8-13(9-3-10)18(15,16)17-12-6-4-11(14)5-7-12/h2-9H,1H3. The summed E-state index contributed by atoms with van der Waals surface area (Å²) in [4.78, 5) is 0.749. The molecule has 0 aliphatic carbocycles. The van der Waals surface area contributed by atoms with E-state index in [1.54, 1.807) is 24.3 Å². The lowest BCUT2D eigenvalue weighted by molar-refractivity contribution is 0.610. The van der Waals surface area contributed by atoms with Crippen LogP contribution >= 0.6 is 10.8 Å². The lowest BCUT2D eigenvalue weighted by Crippen LogP contribution is -1.95. The quantitative estimate of drug-likeness (QED) is 0.806. The molecule has 2 rings (SSSR count). The number of aryl methyl sites for hydroxylation is 1. The summed E-state index contributed by atoms with van der Waals surface area (Å²) in [5, 5.41) is 0.